The summed E-state index contributed by atoms with van der Waals surface area (Å²) in [6, 6.07) is 19.4. The largest absolute Gasteiger partial charge is 0.350 e. The molecule has 1 heterocycles. The van der Waals surface area contributed by atoms with Crippen LogP contribution in [0.3, 0.4) is 0 Å². The molecule has 0 fully saturated rings. The molecule has 0 saturated carbocycles. The summed E-state index contributed by atoms with van der Waals surface area (Å²) in [5.74, 6) is -1.11. The molecule has 4 rings (SSSR count). The second kappa shape index (κ2) is 11.6. The predicted molar refractivity (Wildman–Crippen MR) is 150 cm³/mol. The fourth-order valence-corrected chi connectivity index (χ4v) is 4.93. The number of hydrogen-bond acceptors (Lipinski definition) is 7. The SMILES string of the molecule is CC(C)CN1C(=O)C(Nc2ccc(Br)cc2)=C(Sc2cccc(NC(=O)c3ccc([N+](=O)[O-])cc3)c2)C1=O. The summed E-state index contributed by atoms with van der Waals surface area (Å²) in [6.07, 6.45) is 0. The van der Waals surface area contributed by atoms with Gasteiger partial charge in [-0.25, -0.2) is 0 Å². The second-order valence-corrected chi connectivity index (χ2v) is 10.8. The van der Waals surface area contributed by atoms with Crippen molar-refractivity contribution in [3.63, 3.8) is 0 Å². The van der Waals surface area contributed by atoms with Crippen molar-refractivity contribution >= 4 is 62.5 Å². The zero-order valence-corrected chi connectivity index (χ0v) is 22.8. The van der Waals surface area contributed by atoms with E-state index in [1.807, 2.05) is 26.0 Å². The van der Waals surface area contributed by atoms with Crippen LogP contribution in [0.25, 0.3) is 0 Å². The van der Waals surface area contributed by atoms with Gasteiger partial charge < -0.3 is 10.6 Å². The number of benzene rings is 3. The van der Waals surface area contributed by atoms with E-state index >= 15 is 0 Å². The summed E-state index contributed by atoms with van der Waals surface area (Å²) in [6.45, 7) is 4.16. The maximum atomic E-state index is 13.3. The van der Waals surface area contributed by atoms with Crippen LogP contribution in [0.1, 0.15) is 24.2 Å². The summed E-state index contributed by atoms with van der Waals surface area (Å²) >= 11 is 4.53. The van der Waals surface area contributed by atoms with Gasteiger partial charge in [-0.1, -0.05) is 47.6 Å². The normalized spacial score (nSPS) is 13.3. The Hall–Kier alpha value is -3.96. The number of nitro benzene ring substituents is 1. The molecule has 0 radical (unpaired) electrons. The fraction of sp³-hybridized carbons (Fsp3) is 0.148. The van der Waals surface area contributed by atoms with Crippen molar-refractivity contribution < 1.29 is 19.3 Å². The number of carbonyl (C=O) groups is 3. The smallest absolute Gasteiger partial charge is 0.278 e. The van der Waals surface area contributed by atoms with Gasteiger partial charge in [0.2, 0.25) is 0 Å². The van der Waals surface area contributed by atoms with Crippen LogP contribution in [-0.2, 0) is 9.59 Å². The quantitative estimate of drug-likeness (QED) is 0.176. The van der Waals surface area contributed by atoms with Gasteiger partial charge in [0, 0.05) is 45.0 Å². The lowest BCUT2D eigenvalue weighted by Gasteiger charge is -2.17. The minimum atomic E-state index is -0.533. The van der Waals surface area contributed by atoms with Crippen LogP contribution in [0.2, 0.25) is 0 Å². The van der Waals surface area contributed by atoms with E-state index in [1.54, 1.807) is 36.4 Å². The lowest BCUT2D eigenvalue weighted by atomic mass is 10.2. The number of nitro groups is 1. The third kappa shape index (κ3) is 6.29. The highest BCUT2D eigenvalue weighted by molar-refractivity contribution is 9.10. The molecule has 3 aromatic rings. The molecule has 0 saturated heterocycles. The highest BCUT2D eigenvalue weighted by Crippen LogP contribution is 2.37. The number of carbonyl (C=O) groups excluding carboxylic acids is 3. The van der Waals surface area contributed by atoms with Crippen LogP contribution < -0.4 is 10.6 Å². The van der Waals surface area contributed by atoms with Crippen molar-refractivity contribution in [2.75, 3.05) is 17.2 Å². The number of halogens is 1. The van der Waals surface area contributed by atoms with E-state index in [2.05, 4.69) is 26.6 Å². The average molecular weight is 595 g/mol. The standard InChI is InChI=1S/C27H23BrN4O5S/c1-16(2)15-31-26(34)23(29-19-10-8-18(28)9-11-19)24(27(31)35)38-22-5-3-4-20(14-22)30-25(33)17-6-12-21(13-7-17)32(36)37/h3-14,16,29H,15H2,1-2H3,(H,30,33). The fourth-order valence-electron chi connectivity index (χ4n) is 3.66. The summed E-state index contributed by atoms with van der Waals surface area (Å²) in [7, 11) is 0. The molecule has 194 valence electrons. The minimum absolute atomic E-state index is 0.0964. The number of nitrogens with zero attached hydrogens (tertiary/aromatic N) is 2. The number of hydrogen-bond donors (Lipinski definition) is 2. The average Bonchev–Trinajstić information content (AvgIpc) is 3.09. The molecule has 1 aliphatic heterocycles. The highest BCUT2D eigenvalue weighted by atomic mass is 79.9. The highest BCUT2D eigenvalue weighted by Gasteiger charge is 2.39. The van der Waals surface area contributed by atoms with Gasteiger partial charge in [0.15, 0.2) is 0 Å². The van der Waals surface area contributed by atoms with Gasteiger partial charge in [-0.3, -0.25) is 29.4 Å². The number of imide groups is 1. The van der Waals surface area contributed by atoms with Crippen molar-refractivity contribution in [2.24, 2.45) is 5.92 Å². The van der Waals surface area contributed by atoms with E-state index in [-0.39, 0.29) is 33.7 Å². The maximum Gasteiger partial charge on any atom is 0.278 e. The lowest BCUT2D eigenvalue weighted by Crippen LogP contribution is -2.35. The van der Waals surface area contributed by atoms with Crippen molar-refractivity contribution in [3.05, 3.63) is 104 Å². The van der Waals surface area contributed by atoms with Gasteiger partial charge in [-0.05, 0) is 60.5 Å². The van der Waals surface area contributed by atoms with E-state index in [4.69, 9.17) is 0 Å². The Morgan fingerprint density at radius 1 is 1.00 bits per heavy atom. The van der Waals surface area contributed by atoms with E-state index in [9.17, 15) is 24.5 Å². The van der Waals surface area contributed by atoms with E-state index < -0.39 is 16.7 Å². The minimum Gasteiger partial charge on any atom is -0.350 e. The predicted octanol–water partition coefficient (Wildman–Crippen LogP) is 6.05. The lowest BCUT2D eigenvalue weighted by molar-refractivity contribution is -0.384. The molecule has 11 heteroatoms. The summed E-state index contributed by atoms with van der Waals surface area (Å²) < 4.78 is 0.884. The molecular formula is C27H23BrN4O5S. The number of anilines is 2. The van der Waals surface area contributed by atoms with Crippen LogP contribution in [0.4, 0.5) is 17.1 Å². The summed E-state index contributed by atoms with van der Waals surface area (Å²) in [5, 5.41) is 16.7. The van der Waals surface area contributed by atoms with Crippen LogP contribution >= 0.6 is 27.7 Å². The Balaban J connectivity index is 1.57. The second-order valence-electron chi connectivity index (χ2n) is 8.84. The third-order valence-corrected chi connectivity index (χ3v) is 7.04. The number of non-ortho nitro benzene ring substituents is 1. The first kappa shape index (κ1) is 27.1. The number of amides is 3. The first-order valence-electron chi connectivity index (χ1n) is 11.6. The van der Waals surface area contributed by atoms with Crippen molar-refractivity contribution in [1.29, 1.82) is 0 Å². The Morgan fingerprint density at radius 2 is 1.68 bits per heavy atom. The molecule has 0 bridgehead atoms. The molecule has 3 amide bonds. The summed E-state index contributed by atoms with van der Waals surface area (Å²) in [4.78, 5) is 51.6. The number of thioether (sulfide) groups is 1. The molecule has 0 atom stereocenters. The van der Waals surface area contributed by atoms with Gasteiger partial charge >= 0.3 is 0 Å². The molecule has 9 nitrogen and oxygen atoms in total. The van der Waals surface area contributed by atoms with Gasteiger partial charge in [0.25, 0.3) is 23.4 Å². The van der Waals surface area contributed by atoms with Crippen LogP contribution in [-0.4, -0.2) is 34.1 Å². The van der Waals surface area contributed by atoms with Gasteiger partial charge in [0.05, 0.1) is 4.92 Å². The van der Waals surface area contributed by atoms with Crippen LogP contribution in [0, 0.1) is 16.0 Å². The van der Waals surface area contributed by atoms with Gasteiger partial charge in [-0.15, -0.1) is 0 Å². The molecule has 0 aromatic heterocycles. The topological polar surface area (TPSA) is 122 Å². The molecule has 0 unspecified atom stereocenters. The first-order valence-corrected chi connectivity index (χ1v) is 13.2. The molecule has 0 spiro atoms. The van der Waals surface area contributed by atoms with Crippen LogP contribution in [0.5, 0.6) is 0 Å². The molecular weight excluding hydrogens is 572 g/mol. The van der Waals surface area contributed by atoms with Crippen molar-refractivity contribution in [3.8, 4) is 0 Å². The Morgan fingerprint density at radius 3 is 2.32 bits per heavy atom. The molecule has 3 aromatic carbocycles. The zero-order valence-electron chi connectivity index (χ0n) is 20.4. The molecule has 2 N–H and O–H groups in total. The van der Waals surface area contributed by atoms with Crippen molar-refractivity contribution in [2.45, 2.75) is 18.7 Å². The first-order chi connectivity index (χ1) is 18.1. The maximum absolute atomic E-state index is 13.3. The molecule has 38 heavy (non-hydrogen) atoms. The van der Waals surface area contributed by atoms with Gasteiger partial charge in [0.1, 0.15) is 10.6 Å². The zero-order chi connectivity index (χ0) is 27.4. The Labute approximate surface area is 231 Å². The van der Waals surface area contributed by atoms with E-state index in [1.165, 1.54) is 29.2 Å². The van der Waals surface area contributed by atoms with Crippen LogP contribution in [0.15, 0.2) is 92.8 Å². The summed E-state index contributed by atoms with van der Waals surface area (Å²) in [5.41, 5.74) is 1.49. The van der Waals surface area contributed by atoms with Gasteiger partial charge in [-0.2, -0.15) is 0 Å². The third-order valence-electron chi connectivity index (χ3n) is 5.44. The van der Waals surface area contributed by atoms with E-state index in [0.717, 1.165) is 16.2 Å². The van der Waals surface area contributed by atoms with E-state index in [0.29, 0.717) is 22.8 Å². The number of nitrogens with one attached hydrogen (secondary N) is 2. The Kier molecular flexibility index (Phi) is 8.28. The molecule has 0 aliphatic carbocycles. The monoisotopic (exact) mass is 594 g/mol. The van der Waals surface area contributed by atoms with Crippen molar-refractivity contribution in [1.82, 2.24) is 4.90 Å². The Bertz CT molecular complexity index is 1440. The molecule has 1 aliphatic rings. The number of rotatable bonds is 9.